The minimum Gasteiger partial charge on any atom is -0.497 e. The first-order valence-electron chi connectivity index (χ1n) is 8.83. The maximum Gasteiger partial charge on any atom is 0.308 e. The number of carbonyl (C=O) groups is 4. The number of benzene rings is 2. The van der Waals surface area contributed by atoms with E-state index in [0.717, 1.165) is 16.7 Å². The predicted octanol–water partition coefficient (Wildman–Crippen LogP) is 3.30. The number of esters is 1. The quantitative estimate of drug-likeness (QED) is 0.430. The summed E-state index contributed by atoms with van der Waals surface area (Å²) < 4.78 is 10.0. The Balaban J connectivity index is 1.64. The summed E-state index contributed by atoms with van der Waals surface area (Å²) in [5.41, 5.74) is 1.18. The van der Waals surface area contributed by atoms with Gasteiger partial charge in [-0.25, -0.2) is 0 Å². The molecule has 1 saturated heterocycles. The first-order chi connectivity index (χ1) is 14.4. The van der Waals surface area contributed by atoms with Gasteiger partial charge in [0.25, 0.3) is 11.1 Å². The Hall–Kier alpha value is -3.59. The number of carbonyl (C=O) groups excluding carboxylic acids is 4. The molecule has 0 unspecified atom stereocenters. The van der Waals surface area contributed by atoms with Crippen LogP contribution in [0.3, 0.4) is 0 Å². The van der Waals surface area contributed by atoms with E-state index in [2.05, 4.69) is 5.32 Å². The zero-order chi connectivity index (χ0) is 21.7. The second-order valence-electron chi connectivity index (χ2n) is 6.21. The second-order valence-corrected chi connectivity index (χ2v) is 7.20. The van der Waals surface area contributed by atoms with Crippen molar-refractivity contribution in [3.8, 4) is 11.5 Å². The number of imide groups is 1. The zero-order valence-electron chi connectivity index (χ0n) is 16.2. The van der Waals surface area contributed by atoms with Crippen LogP contribution in [0.4, 0.5) is 10.5 Å². The second kappa shape index (κ2) is 9.27. The van der Waals surface area contributed by atoms with Gasteiger partial charge in [0.05, 0.1) is 12.0 Å². The van der Waals surface area contributed by atoms with E-state index in [1.807, 2.05) is 0 Å². The smallest absolute Gasteiger partial charge is 0.308 e. The molecule has 0 bridgehead atoms. The molecule has 3 rings (SSSR count). The number of anilines is 1. The minimum absolute atomic E-state index is 0.206. The molecular formula is C21H18N2O6S. The largest absolute Gasteiger partial charge is 0.497 e. The van der Waals surface area contributed by atoms with Crippen LogP contribution < -0.4 is 14.8 Å². The average Bonchev–Trinajstić information content (AvgIpc) is 2.97. The summed E-state index contributed by atoms with van der Waals surface area (Å²) in [4.78, 5) is 49.1. The number of ether oxygens (including phenoxy) is 2. The minimum atomic E-state index is -0.543. The van der Waals surface area contributed by atoms with Crippen molar-refractivity contribution < 1.29 is 28.7 Å². The van der Waals surface area contributed by atoms with Crippen molar-refractivity contribution >= 4 is 46.5 Å². The van der Waals surface area contributed by atoms with Gasteiger partial charge in [-0.3, -0.25) is 24.1 Å². The van der Waals surface area contributed by atoms with Gasteiger partial charge in [-0.2, -0.15) is 0 Å². The monoisotopic (exact) mass is 426 g/mol. The molecule has 30 heavy (non-hydrogen) atoms. The topological polar surface area (TPSA) is 102 Å². The molecule has 9 heteroatoms. The Morgan fingerprint density at radius 3 is 2.27 bits per heavy atom. The number of rotatable bonds is 6. The van der Waals surface area contributed by atoms with Gasteiger partial charge in [-0.1, -0.05) is 12.1 Å². The zero-order valence-corrected chi connectivity index (χ0v) is 17.0. The molecule has 0 aromatic heterocycles. The lowest BCUT2D eigenvalue weighted by Gasteiger charge is -2.12. The highest BCUT2D eigenvalue weighted by atomic mass is 32.2. The molecule has 1 aliphatic heterocycles. The van der Waals surface area contributed by atoms with E-state index in [1.165, 1.54) is 14.0 Å². The van der Waals surface area contributed by atoms with Crippen LogP contribution in [-0.2, 0) is 14.4 Å². The molecular weight excluding hydrogens is 408 g/mol. The molecule has 1 N–H and O–H groups in total. The average molecular weight is 426 g/mol. The third-order valence-corrected chi connectivity index (χ3v) is 4.90. The van der Waals surface area contributed by atoms with Gasteiger partial charge in [0.2, 0.25) is 5.91 Å². The van der Waals surface area contributed by atoms with Crippen LogP contribution in [-0.4, -0.2) is 41.6 Å². The maximum absolute atomic E-state index is 12.6. The van der Waals surface area contributed by atoms with E-state index >= 15 is 0 Å². The molecule has 2 aromatic carbocycles. The molecule has 1 aliphatic rings. The van der Waals surface area contributed by atoms with E-state index in [0.29, 0.717) is 22.7 Å². The molecule has 0 saturated carbocycles. The Bertz CT molecular complexity index is 1010. The highest BCUT2D eigenvalue weighted by Crippen LogP contribution is 2.32. The summed E-state index contributed by atoms with van der Waals surface area (Å²) in [7, 11) is 1.54. The van der Waals surface area contributed by atoms with Gasteiger partial charge < -0.3 is 14.8 Å². The molecule has 0 atom stereocenters. The van der Waals surface area contributed by atoms with Crippen LogP contribution in [0.1, 0.15) is 12.5 Å². The standard InChI is InChI=1S/C21H18N2O6S/c1-13(24)29-17-7-3-14(4-8-17)11-18-20(26)23(21(27)30-18)12-19(25)22-15-5-9-16(28-2)10-6-15/h3-11H,12H2,1-2H3,(H,22,25)/b18-11+. The Kier molecular flexibility index (Phi) is 6.53. The number of nitrogens with one attached hydrogen (secondary N) is 1. The Labute approximate surface area is 176 Å². The van der Waals surface area contributed by atoms with Gasteiger partial charge >= 0.3 is 5.97 Å². The van der Waals surface area contributed by atoms with Crippen molar-refractivity contribution in [1.82, 2.24) is 4.90 Å². The van der Waals surface area contributed by atoms with Crippen LogP contribution in [0.5, 0.6) is 11.5 Å². The Morgan fingerprint density at radius 2 is 1.67 bits per heavy atom. The first kappa shape index (κ1) is 21.1. The first-order valence-corrected chi connectivity index (χ1v) is 9.65. The van der Waals surface area contributed by atoms with Crippen molar-refractivity contribution in [1.29, 1.82) is 0 Å². The molecule has 2 aromatic rings. The van der Waals surface area contributed by atoms with Gasteiger partial charge in [-0.15, -0.1) is 0 Å². The van der Waals surface area contributed by atoms with Crippen LogP contribution >= 0.6 is 11.8 Å². The fraction of sp³-hybridized carbons (Fsp3) is 0.143. The normalized spacial score (nSPS) is 14.7. The lowest BCUT2D eigenvalue weighted by molar-refractivity contribution is -0.131. The number of hydrogen-bond acceptors (Lipinski definition) is 7. The van der Waals surface area contributed by atoms with Crippen molar-refractivity contribution in [2.45, 2.75) is 6.92 Å². The highest BCUT2D eigenvalue weighted by Gasteiger charge is 2.36. The molecule has 8 nitrogen and oxygen atoms in total. The molecule has 1 fully saturated rings. The number of hydrogen-bond donors (Lipinski definition) is 1. The van der Waals surface area contributed by atoms with E-state index in [-0.39, 0.29) is 11.4 Å². The summed E-state index contributed by atoms with van der Waals surface area (Å²) in [6.45, 7) is 0.911. The van der Waals surface area contributed by atoms with Gasteiger partial charge in [-0.05, 0) is 59.8 Å². The lowest BCUT2D eigenvalue weighted by Crippen LogP contribution is -2.36. The molecule has 0 spiro atoms. The van der Waals surface area contributed by atoms with Gasteiger partial charge in [0.1, 0.15) is 18.0 Å². The summed E-state index contributed by atoms with van der Waals surface area (Å²) in [5, 5.41) is 2.12. The van der Waals surface area contributed by atoms with E-state index in [4.69, 9.17) is 9.47 Å². The predicted molar refractivity (Wildman–Crippen MR) is 112 cm³/mol. The summed E-state index contributed by atoms with van der Waals surface area (Å²) in [6.07, 6.45) is 1.55. The van der Waals surface area contributed by atoms with Crippen molar-refractivity contribution in [2.75, 3.05) is 19.0 Å². The number of amides is 3. The van der Waals surface area contributed by atoms with Crippen LogP contribution in [0.2, 0.25) is 0 Å². The third-order valence-electron chi connectivity index (χ3n) is 3.99. The number of nitrogens with zero attached hydrogens (tertiary/aromatic N) is 1. The van der Waals surface area contributed by atoms with Gasteiger partial charge in [0.15, 0.2) is 0 Å². The molecule has 0 radical (unpaired) electrons. The van der Waals surface area contributed by atoms with Crippen molar-refractivity contribution in [3.63, 3.8) is 0 Å². The lowest BCUT2D eigenvalue weighted by atomic mass is 10.2. The molecule has 154 valence electrons. The van der Waals surface area contributed by atoms with E-state index in [1.54, 1.807) is 54.6 Å². The summed E-state index contributed by atoms with van der Waals surface area (Å²) in [6, 6.07) is 13.2. The van der Waals surface area contributed by atoms with E-state index < -0.39 is 23.0 Å². The number of methoxy groups -OCH3 is 1. The third kappa shape index (κ3) is 5.26. The van der Waals surface area contributed by atoms with Crippen LogP contribution in [0.25, 0.3) is 6.08 Å². The number of thioether (sulfide) groups is 1. The SMILES string of the molecule is COc1ccc(NC(=O)CN2C(=O)S/C(=C/c3ccc(OC(C)=O)cc3)C2=O)cc1. The molecule has 0 aliphatic carbocycles. The Morgan fingerprint density at radius 1 is 1.03 bits per heavy atom. The highest BCUT2D eigenvalue weighted by molar-refractivity contribution is 8.18. The summed E-state index contributed by atoms with van der Waals surface area (Å²) >= 11 is 0.761. The van der Waals surface area contributed by atoms with E-state index in [9.17, 15) is 19.2 Å². The van der Waals surface area contributed by atoms with Crippen LogP contribution in [0, 0.1) is 0 Å². The van der Waals surface area contributed by atoms with Crippen molar-refractivity contribution in [2.24, 2.45) is 0 Å². The molecule has 1 heterocycles. The molecule has 3 amide bonds. The fourth-order valence-corrected chi connectivity index (χ4v) is 3.44. The van der Waals surface area contributed by atoms with Crippen LogP contribution in [0.15, 0.2) is 53.4 Å². The summed E-state index contributed by atoms with van der Waals surface area (Å²) in [5.74, 6) is -0.446. The fourth-order valence-electron chi connectivity index (χ4n) is 2.60. The van der Waals surface area contributed by atoms with Crippen molar-refractivity contribution in [3.05, 3.63) is 59.0 Å². The van der Waals surface area contributed by atoms with Gasteiger partial charge in [0, 0.05) is 12.6 Å². The maximum atomic E-state index is 12.6.